The Morgan fingerprint density at radius 2 is 2.00 bits per heavy atom. The normalized spacial score (nSPS) is 62.0. The van der Waals surface area contributed by atoms with E-state index in [0.717, 1.165) is 26.1 Å². The van der Waals surface area contributed by atoms with Crippen molar-refractivity contribution in [2.45, 2.75) is 19.1 Å². The summed E-state index contributed by atoms with van der Waals surface area (Å²) >= 11 is 0. The Kier molecular flexibility index (Phi) is 0.984. The summed E-state index contributed by atoms with van der Waals surface area (Å²) in [5.41, 5.74) is 0.150. The SMILES string of the molecule is O=C1C[C@@H]2CO[C@H]3OC[C@@H]4C[C@@H]1C423. The molecule has 3 nitrogen and oxygen atoms in total. The third-order valence-corrected chi connectivity index (χ3v) is 4.68. The molecule has 0 N–H and O–H groups in total. The molecule has 0 amide bonds. The fraction of sp³-hybridized carbons (Fsp3) is 0.900. The molecule has 0 bridgehead atoms. The van der Waals surface area contributed by atoms with E-state index >= 15 is 0 Å². The van der Waals surface area contributed by atoms with Gasteiger partial charge >= 0.3 is 0 Å². The van der Waals surface area contributed by atoms with Crippen LogP contribution in [-0.4, -0.2) is 25.3 Å². The van der Waals surface area contributed by atoms with Crippen LogP contribution in [0.5, 0.6) is 0 Å². The van der Waals surface area contributed by atoms with Gasteiger partial charge in [-0.05, 0) is 12.3 Å². The third kappa shape index (κ3) is 0.513. The summed E-state index contributed by atoms with van der Waals surface area (Å²) in [5.74, 6) is 1.87. The second-order valence-corrected chi connectivity index (χ2v) is 4.85. The molecule has 1 spiro atoms. The quantitative estimate of drug-likeness (QED) is 0.547. The summed E-state index contributed by atoms with van der Waals surface area (Å²) in [6, 6.07) is 0. The number of hydrogen-bond donors (Lipinski definition) is 0. The van der Waals surface area contributed by atoms with Crippen LogP contribution in [0.3, 0.4) is 0 Å². The van der Waals surface area contributed by atoms with Gasteiger partial charge in [0.25, 0.3) is 0 Å². The maximum absolute atomic E-state index is 11.7. The smallest absolute Gasteiger partial charge is 0.164 e. The van der Waals surface area contributed by atoms with Crippen LogP contribution in [0.15, 0.2) is 0 Å². The van der Waals surface area contributed by atoms with Crippen LogP contribution >= 0.6 is 0 Å². The molecule has 0 aromatic rings. The molecular weight excluding hydrogens is 168 g/mol. The van der Waals surface area contributed by atoms with E-state index < -0.39 is 0 Å². The molecule has 2 heterocycles. The van der Waals surface area contributed by atoms with Gasteiger partial charge in [-0.1, -0.05) is 0 Å². The maximum atomic E-state index is 11.7. The highest BCUT2D eigenvalue weighted by molar-refractivity contribution is 5.86. The lowest BCUT2D eigenvalue weighted by Crippen LogP contribution is -2.51. The zero-order valence-electron chi connectivity index (χ0n) is 7.36. The van der Waals surface area contributed by atoms with E-state index in [4.69, 9.17) is 9.47 Å². The van der Waals surface area contributed by atoms with Crippen LogP contribution < -0.4 is 0 Å². The Labute approximate surface area is 76.4 Å². The predicted octanol–water partition coefficient (Wildman–Crippen LogP) is 0.584. The number of Topliss-reactive ketones (excluding diaryl/α,β-unsaturated/α-hetero) is 1. The van der Waals surface area contributed by atoms with Gasteiger partial charge < -0.3 is 9.47 Å². The van der Waals surface area contributed by atoms with E-state index in [1.165, 1.54) is 0 Å². The van der Waals surface area contributed by atoms with Crippen LogP contribution in [0.4, 0.5) is 0 Å². The third-order valence-electron chi connectivity index (χ3n) is 4.68. The van der Waals surface area contributed by atoms with E-state index in [2.05, 4.69) is 0 Å². The van der Waals surface area contributed by atoms with E-state index in [1.54, 1.807) is 0 Å². The molecule has 0 aromatic carbocycles. The first-order valence-corrected chi connectivity index (χ1v) is 5.09. The van der Waals surface area contributed by atoms with Crippen LogP contribution in [0.2, 0.25) is 0 Å². The van der Waals surface area contributed by atoms with Gasteiger partial charge in [-0.3, -0.25) is 4.79 Å². The number of rotatable bonds is 0. The van der Waals surface area contributed by atoms with Crippen molar-refractivity contribution in [1.29, 1.82) is 0 Å². The minimum atomic E-state index is -0.0345. The highest BCUT2D eigenvalue weighted by atomic mass is 16.7. The molecule has 2 aliphatic heterocycles. The average molecular weight is 180 g/mol. The Balaban J connectivity index is 1.88. The largest absolute Gasteiger partial charge is 0.352 e. The predicted molar refractivity (Wildman–Crippen MR) is 42.8 cm³/mol. The van der Waals surface area contributed by atoms with Crippen molar-refractivity contribution in [3.63, 3.8) is 0 Å². The molecule has 70 valence electrons. The molecule has 13 heavy (non-hydrogen) atoms. The standard InChI is InChI=1S/C10H12O3/c11-8-2-6-4-13-9-10(6)5(3-12-9)1-7(8)10/h5-7,9H,1-4H2/t5-,6+,7-,9+,10?/m0/s1. The summed E-state index contributed by atoms with van der Waals surface area (Å²) in [5, 5.41) is 0. The molecule has 2 saturated heterocycles. The molecule has 2 aliphatic carbocycles. The topological polar surface area (TPSA) is 35.5 Å². The lowest BCUT2D eigenvalue weighted by molar-refractivity contribution is -0.150. The number of hydrogen-bond acceptors (Lipinski definition) is 3. The van der Waals surface area contributed by atoms with Gasteiger partial charge in [-0.15, -0.1) is 0 Å². The number of carbonyl (C=O) groups excluding carboxylic acids is 1. The van der Waals surface area contributed by atoms with Gasteiger partial charge in [0.2, 0.25) is 0 Å². The second kappa shape index (κ2) is 1.84. The van der Waals surface area contributed by atoms with Gasteiger partial charge in [0.05, 0.1) is 13.2 Å². The van der Waals surface area contributed by atoms with Crippen LogP contribution in [0.1, 0.15) is 12.8 Å². The first-order chi connectivity index (χ1) is 6.33. The van der Waals surface area contributed by atoms with Crippen molar-refractivity contribution < 1.29 is 14.3 Å². The number of ether oxygens (including phenoxy) is 2. The summed E-state index contributed by atoms with van der Waals surface area (Å²) in [7, 11) is 0. The summed E-state index contributed by atoms with van der Waals surface area (Å²) in [6.45, 7) is 1.58. The van der Waals surface area contributed by atoms with Crippen molar-refractivity contribution in [2.75, 3.05) is 13.2 Å². The molecule has 4 rings (SSSR count). The van der Waals surface area contributed by atoms with Crippen molar-refractivity contribution >= 4 is 5.78 Å². The summed E-state index contributed by atoms with van der Waals surface area (Å²) in [6.07, 6.45) is 1.78. The molecule has 1 unspecified atom stereocenters. The monoisotopic (exact) mass is 180 g/mol. The molecule has 2 saturated carbocycles. The van der Waals surface area contributed by atoms with Crippen molar-refractivity contribution in [3.8, 4) is 0 Å². The minimum absolute atomic E-state index is 0.0345. The van der Waals surface area contributed by atoms with Crippen LogP contribution in [0.25, 0.3) is 0 Å². The minimum Gasteiger partial charge on any atom is -0.352 e. The molecule has 3 heteroatoms. The fourth-order valence-corrected chi connectivity index (χ4v) is 4.12. The van der Waals surface area contributed by atoms with E-state index in [-0.39, 0.29) is 17.6 Å². The van der Waals surface area contributed by atoms with E-state index in [9.17, 15) is 4.79 Å². The summed E-state index contributed by atoms with van der Waals surface area (Å²) < 4.78 is 11.2. The summed E-state index contributed by atoms with van der Waals surface area (Å²) in [4.78, 5) is 11.7. The van der Waals surface area contributed by atoms with Crippen molar-refractivity contribution in [3.05, 3.63) is 0 Å². The Hall–Kier alpha value is -0.410. The van der Waals surface area contributed by atoms with Gasteiger partial charge in [0, 0.05) is 23.7 Å². The molecule has 0 radical (unpaired) electrons. The average Bonchev–Trinajstić information content (AvgIpc) is 2.59. The van der Waals surface area contributed by atoms with Crippen molar-refractivity contribution in [2.24, 2.45) is 23.2 Å². The first kappa shape index (κ1) is 6.96. The zero-order valence-corrected chi connectivity index (χ0v) is 7.36. The number of ketones is 1. The molecular formula is C10H12O3. The van der Waals surface area contributed by atoms with E-state index in [0.29, 0.717) is 17.6 Å². The zero-order chi connectivity index (χ0) is 8.63. The second-order valence-electron chi connectivity index (χ2n) is 4.85. The molecule has 4 aliphatic rings. The van der Waals surface area contributed by atoms with Gasteiger partial charge in [0.1, 0.15) is 5.78 Å². The fourth-order valence-electron chi connectivity index (χ4n) is 4.12. The van der Waals surface area contributed by atoms with Crippen LogP contribution in [0, 0.1) is 23.2 Å². The highest BCUT2D eigenvalue weighted by Gasteiger charge is 2.75. The Morgan fingerprint density at radius 1 is 1.23 bits per heavy atom. The molecule has 0 aromatic heterocycles. The van der Waals surface area contributed by atoms with Gasteiger partial charge in [-0.2, -0.15) is 0 Å². The molecule has 4 fully saturated rings. The Morgan fingerprint density at radius 3 is 2.85 bits per heavy atom. The lowest BCUT2D eigenvalue weighted by atomic mass is 9.53. The first-order valence-electron chi connectivity index (χ1n) is 5.09. The number of carbonyl (C=O) groups is 1. The highest BCUT2D eigenvalue weighted by Crippen LogP contribution is 2.70. The van der Waals surface area contributed by atoms with Crippen LogP contribution in [-0.2, 0) is 14.3 Å². The molecule has 5 atom stereocenters. The van der Waals surface area contributed by atoms with Crippen molar-refractivity contribution in [1.82, 2.24) is 0 Å². The Bertz CT molecular complexity index is 299. The van der Waals surface area contributed by atoms with E-state index in [1.807, 2.05) is 0 Å². The van der Waals surface area contributed by atoms with Gasteiger partial charge in [-0.25, -0.2) is 0 Å². The lowest BCUT2D eigenvalue weighted by Gasteiger charge is -2.47. The van der Waals surface area contributed by atoms with Gasteiger partial charge in [0.15, 0.2) is 6.29 Å². The maximum Gasteiger partial charge on any atom is 0.164 e.